The topological polar surface area (TPSA) is 189 Å². The standard InChI is InChI=1S/C52H97NO10/c1-3-5-7-9-11-13-14-15-16-17-18-19-20-21-22-23-24-25-26-27-28-29-30-31-32-34-36-38-40-45(56)51(61)53-43(42-62-52-50(60)49(59)48(58)46(41-54)63-52)47(57)44(55)39-37-35-33-12-10-8-6-4-2/h4,6,12,21-22,33,43-50,52,54-60H,3,5,7-11,13-20,23-32,34-42H2,1-2H3,(H,53,61)/b6-4+,22-21-,33-12+. The average molecular weight is 896 g/mol. The van der Waals surface area contributed by atoms with E-state index in [0.29, 0.717) is 19.3 Å². The van der Waals surface area contributed by atoms with Crippen LogP contribution in [0.1, 0.15) is 219 Å². The van der Waals surface area contributed by atoms with Crippen LogP contribution in [0, 0.1) is 0 Å². The maximum absolute atomic E-state index is 13.1. The van der Waals surface area contributed by atoms with Gasteiger partial charge in [-0.1, -0.05) is 185 Å². The van der Waals surface area contributed by atoms with E-state index in [9.17, 15) is 40.5 Å². The molecule has 0 saturated carbocycles. The van der Waals surface area contributed by atoms with Crippen LogP contribution in [-0.4, -0.2) is 110 Å². The maximum atomic E-state index is 13.1. The van der Waals surface area contributed by atoms with Crippen molar-refractivity contribution in [3.8, 4) is 0 Å². The predicted molar refractivity (Wildman–Crippen MR) is 256 cm³/mol. The fourth-order valence-corrected chi connectivity index (χ4v) is 8.22. The van der Waals surface area contributed by atoms with Crippen molar-refractivity contribution in [3.05, 3.63) is 36.5 Å². The zero-order chi connectivity index (χ0) is 46.2. The van der Waals surface area contributed by atoms with Gasteiger partial charge in [-0.15, -0.1) is 0 Å². The number of amides is 1. The fraction of sp³-hybridized carbons (Fsp3) is 0.865. The molecule has 1 rings (SSSR count). The van der Waals surface area contributed by atoms with Crippen molar-refractivity contribution in [1.29, 1.82) is 0 Å². The zero-order valence-corrected chi connectivity index (χ0v) is 40.1. The number of nitrogens with one attached hydrogen (secondary N) is 1. The van der Waals surface area contributed by atoms with Crippen LogP contribution in [0.15, 0.2) is 36.5 Å². The fourth-order valence-electron chi connectivity index (χ4n) is 8.22. The molecule has 0 radical (unpaired) electrons. The summed E-state index contributed by atoms with van der Waals surface area (Å²) < 4.78 is 11.0. The smallest absolute Gasteiger partial charge is 0.249 e. The highest BCUT2D eigenvalue weighted by Crippen LogP contribution is 2.23. The minimum Gasteiger partial charge on any atom is -0.394 e. The van der Waals surface area contributed by atoms with E-state index in [4.69, 9.17) is 9.47 Å². The first-order valence-electron chi connectivity index (χ1n) is 25.9. The Morgan fingerprint density at radius 3 is 1.51 bits per heavy atom. The predicted octanol–water partition coefficient (Wildman–Crippen LogP) is 9.56. The van der Waals surface area contributed by atoms with Gasteiger partial charge in [0.05, 0.1) is 25.4 Å². The second-order valence-corrected chi connectivity index (χ2v) is 18.2. The van der Waals surface area contributed by atoms with E-state index in [0.717, 1.165) is 32.1 Å². The highest BCUT2D eigenvalue weighted by atomic mass is 16.7. The van der Waals surface area contributed by atoms with E-state index in [1.54, 1.807) is 0 Å². The molecule has 0 spiro atoms. The van der Waals surface area contributed by atoms with Crippen molar-refractivity contribution in [1.82, 2.24) is 5.32 Å². The first-order valence-corrected chi connectivity index (χ1v) is 25.9. The molecular weight excluding hydrogens is 799 g/mol. The molecule has 9 unspecified atom stereocenters. The van der Waals surface area contributed by atoms with Crippen LogP contribution in [0.3, 0.4) is 0 Å². The molecule has 1 saturated heterocycles. The van der Waals surface area contributed by atoms with Gasteiger partial charge in [-0.05, 0) is 71.1 Å². The van der Waals surface area contributed by atoms with Crippen molar-refractivity contribution in [2.75, 3.05) is 13.2 Å². The molecule has 1 aliphatic heterocycles. The Morgan fingerprint density at radius 1 is 0.571 bits per heavy atom. The Hall–Kier alpha value is -1.67. The van der Waals surface area contributed by atoms with Gasteiger partial charge in [0.1, 0.15) is 36.6 Å². The average Bonchev–Trinajstić information content (AvgIpc) is 3.28. The number of aliphatic hydroxyl groups excluding tert-OH is 7. The van der Waals surface area contributed by atoms with E-state index in [1.807, 2.05) is 19.1 Å². The number of aliphatic hydroxyl groups is 7. The highest BCUT2D eigenvalue weighted by Gasteiger charge is 2.44. The molecule has 0 aliphatic carbocycles. The van der Waals surface area contributed by atoms with E-state index in [-0.39, 0.29) is 12.8 Å². The summed E-state index contributed by atoms with van der Waals surface area (Å²) in [6.45, 7) is 3.18. The largest absolute Gasteiger partial charge is 0.394 e. The Bertz CT molecular complexity index is 1120. The number of hydrogen-bond donors (Lipinski definition) is 8. The van der Waals surface area contributed by atoms with Crippen LogP contribution in [0.2, 0.25) is 0 Å². The molecule has 370 valence electrons. The second-order valence-electron chi connectivity index (χ2n) is 18.2. The minimum atomic E-state index is -1.67. The normalized spacial score (nSPS) is 21.4. The highest BCUT2D eigenvalue weighted by molar-refractivity contribution is 5.80. The Morgan fingerprint density at radius 2 is 1.02 bits per heavy atom. The molecular formula is C52H97NO10. The molecule has 0 bridgehead atoms. The summed E-state index contributed by atoms with van der Waals surface area (Å²) in [5.74, 6) is -0.714. The third-order valence-corrected chi connectivity index (χ3v) is 12.5. The number of hydrogen-bond acceptors (Lipinski definition) is 10. The second kappa shape index (κ2) is 41.7. The molecule has 1 fully saturated rings. The van der Waals surface area contributed by atoms with Crippen LogP contribution >= 0.6 is 0 Å². The number of carbonyl (C=O) groups excluding carboxylic acids is 1. The number of rotatable bonds is 43. The third kappa shape index (κ3) is 31.0. The van der Waals surface area contributed by atoms with Crippen LogP contribution in [-0.2, 0) is 14.3 Å². The molecule has 11 heteroatoms. The molecule has 1 aliphatic rings. The Labute approximate surface area is 384 Å². The molecule has 0 aromatic heterocycles. The van der Waals surface area contributed by atoms with Crippen molar-refractivity contribution in [3.63, 3.8) is 0 Å². The lowest BCUT2D eigenvalue weighted by atomic mass is 9.98. The van der Waals surface area contributed by atoms with Gasteiger partial charge in [0.15, 0.2) is 6.29 Å². The zero-order valence-electron chi connectivity index (χ0n) is 40.1. The summed E-state index contributed by atoms with van der Waals surface area (Å²) in [4.78, 5) is 13.1. The summed E-state index contributed by atoms with van der Waals surface area (Å²) >= 11 is 0. The maximum Gasteiger partial charge on any atom is 0.249 e. The molecule has 1 heterocycles. The summed E-state index contributed by atoms with van der Waals surface area (Å²) in [7, 11) is 0. The summed E-state index contributed by atoms with van der Waals surface area (Å²) in [5.41, 5.74) is 0. The molecule has 9 atom stereocenters. The quantitative estimate of drug-likeness (QED) is 0.0216. The molecule has 0 aromatic rings. The van der Waals surface area contributed by atoms with Crippen molar-refractivity contribution < 1.29 is 50.0 Å². The lowest BCUT2D eigenvalue weighted by molar-refractivity contribution is -0.303. The van der Waals surface area contributed by atoms with Gasteiger partial charge < -0.3 is 50.5 Å². The lowest BCUT2D eigenvalue weighted by Gasteiger charge is -2.40. The van der Waals surface area contributed by atoms with Gasteiger partial charge in [-0.3, -0.25) is 4.79 Å². The summed E-state index contributed by atoms with van der Waals surface area (Å²) in [6.07, 6.45) is 38.4. The van der Waals surface area contributed by atoms with E-state index in [1.165, 1.54) is 141 Å². The monoisotopic (exact) mass is 896 g/mol. The van der Waals surface area contributed by atoms with E-state index in [2.05, 4.69) is 36.5 Å². The van der Waals surface area contributed by atoms with Crippen LogP contribution in [0.5, 0.6) is 0 Å². The Kier molecular flexibility index (Phi) is 39.3. The van der Waals surface area contributed by atoms with Gasteiger partial charge in [-0.25, -0.2) is 0 Å². The van der Waals surface area contributed by atoms with Crippen LogP contribution in [0.4, 0.5) is 0 Å². The van der Waals surface area contributed by atoms with Gasteiger partial charge in [-0.2, -0.15) is 0 Å². The van der Waals surface area contributed by atoms with Gasteiger partial charge in [0, 0.05) is 0 Å². The first kappa shape index (κ1) is 59.3. The number of allylic oxidation sites excluding steroid dienone is 6. The van der Waals surface area contributed by atoms with E-state index < -0.39 is 74.2 Å². The molecule has 8 N–H and O–H groups in total. The molecule has 1 amide bonds. The lowest BCUT2D eigenvalue weighted by Crippen LogP contribution is -2.60. The molecule has 0 aromatic carbocycles. The number of carbonyl (C=O) groups is 1. The Balaban J connectivity index is 2.22. The van der Waals surface area contributed by atoms with Gasteiger partial charge >= 0.3 is 0 Å². The third-order valence-electron chi connectivity index (χ3n) is 12.5. The van der Waals surface area contributed by atoms with E-state index >= 15 is 0 Å². The van der Waals surface area contributed by atoms with Gasteiger partial charge in [0.25, 0.3) is 0 Å². The number of ether oxygens (including phenoxy) is 2. The summed E-state index contributed by atoms with van der Waals surface area (Å²) in [5, 5.41) is 75.4. The molecule has 11 nitrogen and oxygen atoms in total. The van der Waals surface area contributed by atoms with Crippen molar-refractivity contribution >= 4 is 5.91 Å². The van der Waals surface area contributed by atoms with Crippen LogP contribution < -0.4 is 5.32 Å². The van der Waals surface area contributed by atoms with Crippen molar-refractivity contribution in [2.45, 2.75) is 274 Å². The van der Waals surface area contributed by atoms with Gasteiger partial charge in [0.2, 0.25) is 5.91 Å². The summed E-state index contributed by atoms with van der Waals surface area (Å²) in [6, 6.07) is -1.19. The minimum absolute atomic E-state index is 0.243. The SMILES string of the molecule is C/C=C/CC/C=C/CCCC(O)C(O)C(COC1OC(CO)C(O)C(O)C1O)NC(=O)C(O)CCCCCCCCCCCCCC/C=C\CCCCCCCCCCCCCC. The first-order chi connectivity index (χ1) is 30.7. The molecule has 63 heavy (non-hydrogen) atoms. The van der Waals surface area contributed by atoms with Crippen LogP contribution in [0.25, 0.3) is 0 Å². The van der Waals surface area contributed by atoms with Crippen molar-refractivity contribution in [2.24, 2.45) is 0 Å². The number of unbranched alkanes of at least 4 members (excludes halogenated alkanes) is 26.